The second-order valence-corrected chi connectivity index (χ2v) is 7.25. The standard InChI is InChI=1S/C22H19F6N3O2/c23-21(24,25)18-5-3-16(4-6-18)19-17(14-30-33-19)2-1-12-31(20(32)22(26,27)28)13-9-15-7-10-29-11-8-15/h3-8,10-11,14H,1-2,9,12-13H2. The van der Waals surface area contributed by atoms with Gasteiger partial charge in [-0.05, 0) is 49.1 Å². The molecule has 33 heavy (non-hydrogen) atoms. The Bertz CT molecular complexity index is 1050. The molecule has 0 aliphatic heterocycles. The number of rotatable bonds is 8. The van der Waals surface area contributed by atoms with Gasteiger partial charge < -0.3 is 9.42 Å². The molecule has 0 unspecified atom stereocenters. The predicted octanol–water partition coefficient (Wildman–Crippen LogP) is 5.32. The Balaban J connectivity index is 1.65. The van der Waals surface area contributed by atoms with Crippen LogP contribution in [-0.4, -0.2) is 40.2 Å². The zero-order chi connectivity index (χ0) is 24.1. The number of benzene rings is 1. The average Bonchev–Trinajstić information content (AvgIpc) is 3.23. The van der Waals surface area contributed by atoms with Crippen LogP contribution in [0.25, 0.3) is 11.3 Å². The Labute approximate surface area is 185 Å². The molecule has 0 spiro atoms. The molecule has 0 aliphatic carbocycles. The summed E-state index contributed by atoms with van der Waals surface area (Å²) >= 11 is 0. The first-order valence-corrected chi connectivity index (χ1v) is 9.92. The van der Waals surface area contributed by atoms with E-state index in [1.807, 2.05) is 0 Å². The molecule has 2 aromatic heterocycles. The van der Waals surface area contributed by atoms with Crippen molar-refractivity contribution < 1.29 is 35.7 Å². The van der Waals surface area contributed by atoms with Crippen LogP contribution in [0.2, 0.25) is 0 Å². The third-order valence-electron chi connectivity index (χ3n) is 4.94. The van der Waals surface area contributed by atoms with Gasteiger partial charge in [-0.1, -0.05) is 17.3 Å². The number of alkyl halides is 6. The Kier molecular flexibility index (Phi) is 7.39. The van der Waals surface area contributed by atoms with Gasteiger partial charge in [-0.3, -0.25) is 9.78 Å². The zero-order valence-corrected chi connectivity index (χ0v) is 17.2. The second kappa shape index (κ2) is 10.1. The summed E-state index contributed by atoms with van der Waals surface area (Å²) in [6.45, 7) is -0.293. The number of nitrogens with zero attached hydrogens (tertiary/aromatic N) is 3. The number of halogens is 6. The van der Waals surface area contributed by atoms with Gasteiger partial charge in [-0.25, -0.2) is 0 Å². The fourth-order valence-electron chi connectivity index (χ4n) is 3.25. The smallest absolute Gasteiger partial charge is 0.356 e. The maximum Gasteiger partial charge on any atom is 0.471 e. The molecular formula is C22H19F6N3O2. The Morgan fingerprint density at radius 1 is 0.909 bits per heavy atom. The minimum absolute atomic E-state index is 0.127. The van der Waals surface area contributed by atoms with Crippen molar-refractivity contribution in [3.63, 3.8) is 0 Å². The lowest BCUT2D eigenvalue weighted by Gasteiger charge is -2.23. The summed E-state index contributed by atoms with van der Waals surface area (Å²) in [4.78, 5) is 16.4. The third kappa shape index (κ3) is 6.56. The normalized spacial score (nSPS) is 12.1. The van der Waals surface area contributed by atoms with Crippen LogP contribution in [0.3, 0.4) is 0 Å². The molecular weight excluding hydrogens is 452 g/mol. The summed E-state index contributed by atoms with van der Waals surface area (Å²) < 4.78 is 82.5. The van der Waals surface area contributed by atoms with Gasteiger partial charge in [0.2, 0.25) is 0 Å². The fourth-order valence-corrected chi connectivity index (χ4v) is 3.25. The van der Waals surface area contributed by atoms with Crippen molar-refractivity contribution in [3.05, 3.63) is 71.7 Å². The van der Waals surface area contributed by atoms with E-state index < -0.39 is 23.8 Å². The minimum atomic E-state index is -5.00. The molecule has 0 N–H and O–H groups in total. The maximum absolute atomic E-state index is 13.0. The van der Waals surface area contributed by atoms with Gasteiger partial charge in [-0.15, -0.1) is 0 Å². The fraction of sp³-hybridized carbons (Fsp3) is 0.318. The van der Waals surface area contributed by atoms with Gasteiger partial charge in [0, 0.05) is 36.6 Å². The van der Waals surface area contributed by atoms with Gasteiger partial charge in [0.1, 0.15) is 0 Å². The van der Waals surface area contributed by atoms with Crippen molar-refractivity contribution in [2.24, 2.45) is 0 Å². The molecule has 11 heteroatoms. The monoisotopic (exact) mass is 471 g/mol. The number of hydrogen-bond donors (Lipinski definition) is 0. The summed E-state index contributed by atoms with van der Waals surface area (Å²) in [6.07, 6.45) is -4.47. The molecule has 0 fully saturated rings. The maximum atomic E-state index is 13.0. The highest BCUT2D eigenvalue weighted by Gasteiger charge is 2.42. The van der Waals surface area contributed by atoms with Gasteiger partial charge in [0.05, 0.1) is 11.8 Å². The van der Waals surface area contributed by atoms with E-state index in [1.54, 1.807) is 12.1 Å². The molecule has 0 aliphatic rings. The van der Waals surface area contributed by atoms with Gasteiger partial charge in [-0.2, -0.15) is 26.3 Å². The average molecular weight is 471 g/mol. The van der Waals surface area contributed by atoms with Crippen molar-refractivity contribution in [1.29, 1.82) is 0 Å². The summed E-state index contributed by atoms with van der Waals surface area (Å²) in [7, 11) is 0. The van der Waals surface area contributed by atoms with Gasteiger partial charge in [0.25, 0.3) is 0 Å². The molecule has 3 aromatic rings. The molecule has 1 aromatic carbocycles. The number of aryl methyl sites for hydroxylation is 1. The number of hydrogen-bond acceptors (Lipinski definition) is 4. The number of carbonyl (C=O) groups excluding carboxylic acids is 1. The van der Waals surface area contributed by atoms with Crippen LogP contribution in [0.5, 0.6) is 0 Å². The lowest BCUT2D eigenvalue weighted by Crippen LogP contribution is -2.42. The Morgan fingerprint density at radius 3 is 2.18 bits per heavy atom. The lowest BCUT2D eigenvalue weighted by molar-refractivity contribution is -0.185. The van der Waals surface area contributed by atoms with E-state index in [-0.39, 0.29) is 38.1 Å². The molecule has 0 atom stereocenters. The van der Waals surface area contributed by atoms with E-state index in [1.165, 1.54) is 30.7 Å². The summed E-state index contributed by atoms with van der Waals surface area (Å²) in [5.41, 5.74) is 0.802. The molecule has 0 bridgehead atoms. The van der Waals surface area contributed by atoms with Crippen LogP contribution in [-0.2, 0) is 23.8 Å². The SMILES string of the molecule is O=C(N(CCCc1cnoc1-c1ccc(C(F)(F)F)cc1)CCc1ccncc1)C(F)(F)F. The molecule has 1 amide bonds. The van der Waals surface area contributed by atoms with Crippen molar-refractivity contribution >= 4 is 5.91 Å². The Hall–Kier alpha value is -3.37. The van der Waals surface area contributed by atoms with Gasteiger partial charge >= 0.3 is 18.3 Å². The van der Waals surface area contributed by atoms with Crippen molar-refractivity contribution in [2.45, 2.75) is 31.6 Å². The van der Waals surface area contributed by atoms with Crippen molar-refractivity contribution in [2.75, 3.05) is 13.1 Å². The second-order valence-electron chi connectivity index (χ2n) is 7.25. The number of pyridine rings is 1. The van der Waals surface area contributed by atoms with E-state index in [0.717, 1.165) is 22.6 Å². The molecule has 0 saturated carbocycles. The quantitative estimate of drug-likeness (QED) is 0.417. The highest BCUT2D eigenvalue weighted by atomic mass is 19.4. The van der Waals surface area contributed by atoms with Crippen molar-refractivity contribution in [1.82, 2.24) is 15.0 Å². The molecule has 2 heterocycles. The highest BCUT2D eigenvalue weighted by Crippen LogP contribution is 2.32. The molecule has 3 rings (SSSR count). The first kappa shape index (κ1) is 24.3. The first-order chi connectivity index (χ1) is 15.6. The molecule has 0 radical (unpaired) electrons. The van der Waals surface area contributed by atoms with E-state index in [2.05, 4.69) is 10.1 Å². The van der Waals surface area contributed by atoms with E-state index in [9.17, 15) is 31.1 Å². The van der Waals surface area contributed by atoms with Crippen LogP contribution in [0.4, 0.5) is 26.3 Å². The van der Waals surface area contributed by atoms with Crippen molar-refractivity contribution in [3.8, 4) is 11.3 Å². The van der Waals surface area contributed by atoms with Crippen LogP contribution in [0.15, 0.2) is 59.5 Å². The van der Waals surface area contributed by atoms with Crippen LogP contribution in [0.1, 0.15) is 23.1 Å². The largest absolute Gasteiger partial charge is 0.471 e. The molecule has 5 nitrogen and oxygen atoms in total. The van der Waals surface area contributed by atoms with E-state index in [4.69, 9.17) is 4.52 Å². The first-order valence-electron chi connectivity index (χ1n) is 9.92. The zero-order valence-electron chi connectivity index (χ0n) is 17.2. The van der Waals surface area contributed by atoms with Crippen LogP contribution < -0.4 is 0 Å². The molecule has 176 valence electrons. The lowest BCUT2D eigenvalue weighted by atomic mass is 10.0. The number of amides is 1. The third-order valence-corrected chi connectivity index (χ3v) is 4.94. The molecule has 0 saturated heterocycles. The summed E-state index contributed by atoms with van der Waals surface area (Å²) in [5, 5.41) is 3.65. The van der Waals surface area contributed by atoms with Gasteiger partial charge in [0.15, 0.2) is 5.76 Å². The highest BCUT2D eigenvalue weighted by molar-refractivity contribution is 5.81. The number of aromatic nitrogens is 2. The van der Waals surface area contributed by atoms with E-state index >= 15 is 0 Å². The van der Waals surface area contributed by atoms with E-state index in [0.29, 0.717) is 11.1 Å². The summed E-state index contributed by atoms with van der Waals surface area (Å²) in [6, 6.07) is 7.60. The van der Waals surface area contributed by atoms with Crippen LogP contribution >= 0.6 is 0 Å². The minimum Gasteiger partial charge on any atom is -0.356 e. The Morgan fingerprint density at radius 2 is 1.58 bits per heavy atom. The topological polar surface area (TPSA) is 59.2 Å². The predicted molar refractivity (Wildman–Crippen MR) is 106 cm³/mol. The van der Waals surface area contributed by atoms with Crippen LogP contribution in [0, 0.1) is 0 Å². The number of carbonyl (C=O) groups is 1. The summed E-state index contributed by atoms with van der Waals surface area (Å²) in [5.74, 6) is -1.70.